The number of ether oxygens (including phenoxy) is 2. The van der Waals surface area contributed by atoms with Crippen molar-refractivity contribution in [2.45, 2.75) is 25.3 Å². The molecule has 174 valence electrons. The van der Waals surface area contributed by atoms with Gasteiger partial charge in [0.15, 0.2) is 0 Å². The number of hydrogen-bond donors (Lipinski definition) is 1. The Kier molecular flexibility index (Phi) is 7.95. The second-order valence-electron chi connectivity index (χ2n) is 7.38. The Balaban J connectivity index is 1.79. The normalized spacial score (nSPS) is 11.0. The van der Waals surface area contributed by atoms with Crippen molar-refractivity contribution in [3.8, 4) is 11.5 Å². The highest BCUT2D eigenvalue weighted by Gasteiger charge is 2.27. The molecule has 0 saturated heterocycles. The maximum absolute atomic E-state index is 13.4. The number of carbonyl (C=O) groups is 1. The van der Waals surface area contributed by atoms with E-state index in [4.69, 9.17) is 9.47 Å². The topological polar surface area (TPSA) is 84.9 Å². The lowest BCUT2D eigenvalue weighted by molar-refractivity contribution is -0.119. The first kappa shape index (κ1) is 24.1. The minimum atomic E-state index is -3.97. The zero-order valence-electron chi connectivity index (χ0n) is 18.9. The van der Waals surface area contributed by atoms with Crippen molar-refractivity contribution >= 4 is 21.6 Å². The van der Waals surface area contributed by atoms with Crippen LogP contribution in [0.15, 0.2) is 77.7 Å². The SMILES string of the molecule is CCOc1ccc(CNC(=O)CN(c2ccc(OC)cc2)S(=O)(=O)c2ccc(C)cc2)cc1. The number of hydrogen-bond acceptors (Lipinski definition) is 5. The molecule has 1 N–H and O–H groups in total. The van der Waals surface area contributed by atoms with Gasteiger partial charge < -0.3 is 14.8 Å². The summed E-state index contributed by atoms with van der Waals surface area (Å²) in [7, 11) is -2.43. The van der Waals surface area contributed by atoms with E-state index in [2.05, 4.69) is 5.32 Å². The third-order valence-electron chi connectivity index (χ3n) is 4.98. The van der Waals surface area contributed by atoms with E-state index in [1.165, 1.54) is 7.11 Å². The van der Waals surface area contributed by atoms with Crippen molar-refractivity contribution in [1.29, 1.82) is 0 Å². The summed E-state index contributed by atoms with van der Waals surface area (Å²) in [4.78, 5) is 12.9. The van der Waals surface area contributed by atoms with Crippen LogP contribution in [0.2, 0.25) is 0 Å². The molecule has 3 aromatic rings. The van der Waals surface area contributed by atoms with Crippen LogP contribution in [0.1, 0.15) is 18.1 Å². The Morgan fingerprint density at radius 1 is 0.909 bits per heavy atom. The van der Waals surface area contributed by atoms with Gasteiger partial charge in [0.1, 0.15) is 18.0 Å². The maximum Gasteiger partial charge on any atom is 0.264 e. The van der Waals surface area contributed by atoms with Crippen LogP contribution >= 0.6 is 0 Å². The average Bonchev–Trinajstić information content (AvgIpc) is 2.82. The average molecular weight is 469 g/mol. The molecular weight excluding hydrogens is 440 g/mol. The van der Waals surface area contributed by atoms with Crippen LogP contribution in [-0.2, 0) is 21.4 Å². The first-order chi connectivity index (χ1) is 15.8. The summed E-state index contributed by atoms with van der Waals surface area (Å²) >= 11 is 0. The smallest absolute Gasteiger partial charge is 0.264 e. The third-order valence-corrected chi connectivity index (χ3v) is 6.77. The summed E-state index contributed by atoms with van der Waals surface area (Å²) in [6, 6.07) is 20.5. The number of rotatable bonds is 10. The molecule has 0 aliphatic carbocycles. The number of benzene rings is 3. The number of nitrogens with zero attached hydrogens (tertiary/aromatic N) is 1. The third kappa shape index (κ3) is 6.26. The van der Waals surface area contributed by atoms with Crippen molar-refractivity contribution < 1.29 is 22.7 Å². The van der Waals surface area contributed by atoms with Gasteiger partial charge in [-0.15, -0.1) is 0 Å². The number of sulfonamides is 1. The highest BCUT2D eigenvalue weighted by Crippen LogP contribution is 2.26. The van der Waals surface area contributed by atoms with Crippen LogP contribution in [-0.4, -0.2) is 34.6 Å². The molecule has 3 rings (SSSR count). The fourth-order valence-electron chi connectivity index (χ4n) is 3.16. The van der Waals surface area contributed by atoms with Gasteiger partial charge in [-0.2, -0.15) is 0 Å². The minimum absolute atomic E-state index is 0.114. The van der Waals surface area contributed by atoms with Crippen LogP contribution in [0.5, 0.6) is 11.5 Å². The Bertz CT molecular complexity index is 1160. The monoisotopic (exact) mass is 468 g/mol. The van der Waals surface area contributed by atoms with Crippen LogP contribution in [0.3, 0.4) is 0 Å². The lowest BCUT2D eigenvalue weighted by Gasteiger charge is -2.24. The standard InChI is InChI=1S/C25H28N2O5S/c1-4-32-23-11-7-20(8-12-23)17-26-25(28)18-27(21-9-13-22(31-3)14-10-21)33(29,30)24-15-5-19(2)6-16-24/h5-16H,4,17-18H2,1-3H3,(H,26,28). The molecule has 0 fully saturated rings. The molecule has 0 radical (unpaired) electrons. The van der Waals surface area contributed by atoms with Gasteiger partial charge in [-0.05, 0) is 67.9 Å². The second-order valence-corrected chi connectivity index (χ2v) is 9.24. The molecule has 0 aliphatic heterocycles. The molecule has 0 aromatic heterocycles. The molecule has 0 unspecified atom stereocenters. The summed E-state index contributed by atoms with van der Waals surface area (Å²) in [6.45, 7) is 4.28. The lowest BCUT2D eigenvalue weighted by atomic mass is 10.2. The Morgan fingerprint density at radius 2 is 1.52 bits per heavy atom. The Hall–Kier alpha value is -3.52. The quantitative estimate of drug-likeness (QED) is 0.488. The Labute approximate surface area is 195 Å². The molecule has 0 saturated carbocycles. The molecule has 0 aliphatic rings. The number of amides is 1. The Morgan fingerprint density at radius 3 is 2.09 bits per heavy atom. The van der Waals surface area contributed by atoms with E-state index < -0.39 is 15.9 Å². The van der Waals surface area contributed by atoms with Crippen molar-refractivity contribution in [1.82, 2.24) is 5.32 Å². The largest absolute Gasteiger partial charge is 0.497 e. The second kappa shape index (κ2) is 10.9. The van der Waals surface area contributed by atoms with Gasteiger partial charge >= 0.3 is 0 Å². The van der Waals surface area contributed by atoms with Gasteiger partial charge in [0.05, 0.1) is 24.3 Å². The maximum atomic E-state index is 13.4. The van der Waals surface area contributed by atoms with E-state index in [0.717, 1.165) is 21.2 Å². The predicted octanol–water partition coefficient (Wildman–Crippen LogP) is 3.91. The highest BCUT2D eigenvalue weighted by atomic mass is 32.2. The van der Waals surface area contributed by atoms with E-state index in [1.807, 2.05) is 38.1 Å². The number of aryl methyl sites for hydroxylation is 1. The van der Waals surface area contributed by atoms with E-state index >= 15 is 0 Å². The van der Waals surface area contributed by atoms with Crippen molar-refractivity contribution in [3.63, 3.8) is 0 Å². The first-order valence-electron chi connectivity index (χ1n) is 10.6. The molecule has 0 spiro atoms. The van der Waals surface area contributed by atoms with Gasteiger partial charge in [-0.3, -0.25) is 9.10 Å². The molecule has 0 atom stereocenters. The summed E-state index contributed by atoms with van der Waals surface area (Å²) in [5.41, 5.74) is 2.19. The molecule has 33 heavy (non-hydrogen) atoms. The summed E-state index contributed by atoms with van der Waals surface area (Å²) < 4.78 is 38.5. The number of carbonyl (C=O) groups excluding carboxylic acids is 1. The molecule has 1 amide bonds. The van der Waals surface area contributed by atoms with E-state index in [-0.39, 0.29) is 18.0 Å². The number of methoxy groups -OCH3 is 1. The predicted molar refractivity (Wildman–Crippen MR) is 128 cm³/mol. The van der Waals surface area contributed by atoms with Crippen molar-refractivity contribution in [2.75, 3.05) is 24.6 Å². The van der Waals surface area contributed by atoms with Gasteiger partial charge in [0.2, 0.25) is 5.91 Å². The van der Waals surface area contributed by atoms with Gasteiger partial charge in [-0.25, -0.2) is 8.42 Å². The number of nitrogens with one attached hydrogen (secondary N) is 1. The van der Waals surface area contributed by atoms with E-state index in [9.17, 15) is 13.2 Å². The van der Waals surface area contributed by atoms with Gasteiger partial charge in [0, 0.05) is 6.54 Å². The first-order valence-corrected chi connectivity index (χ1v) is 12.0. The van der Waals surface area contributed by atoms with Crippen LogP contribution in [0, 0.1) is 6.92 Å². The minimum Gasteiger partial charge on any atom is -0.497 e. The lowest BCUT2D eigenvalue weighted by Crippen LogP contribution is -2.40. The highest BCUT2D eigenvalue weighted by molar-refractivity contribution is 7.92. The van der Waals surface area contributed by atoms with Gasteiger partial charge in [0.25, 0.3) is 10.0 Å². The van der Waals surface area contributed by atoms with Crippen LogP contribution < -0.4 is 19.1 Å². The summed E-state index contributed by atoms with van der Waals surface area (Å²) in [6.07, 6.45) is 0. The molecular formula is C25H28N2O5S. The molecule has 0 heterocycles. The summed E-state index contributed by atoms with van der Waals surface area (Å²) in [5.74, 6) is 0.921. The van der Waals surface area contributed by atoms with E-state index in [1.54, 1.807) is 48.5 Å². The molecule has 8 heteroatoms. The van der Waals surface area contributed by atoms with Crippen LogP contribution in [0.4, 0.5) is 5.69 Å². The fourth-order valence-corrected chi connectivity index (χ4v) is 4.58. The summed E-state index contributed by atoms with van der Waals surface area (Å²) in [5, 5.41) is 2.80. The van der Waals surface area contributed by atoms with Crippen molar-refractivity contribution in [2.24, 2.45) is 0 Å². The van der Waals surface area contributed by atoms with Crippen LogP contribution in [0.25, 0.3) is 0 Å². The van der Waals surface area contributed by atoms with Gasteiger partial charge in [-0.1, -0.05) is 29.8 Å². The molecule has 3 aromatic carbocycles. The molecule has 0 bridgehead atoms. The molecule has 7 nitrogen and oxygen atoms in total. The zero-order valence-corrected chi connectivity index (χ0v) is 19.8. The van der Waals surface area contributed by atoms with E-state index in [0.29, 0.717) is 18.0 Å². The fraction of sp³-hybridized carbons (Fsp3) is 0.240. The van der Waals surface area contributed by atoms with Crippen molar-refractivity contribution in [3.05, 3.63) is 83.9 Å². The number of anilines is 1. The zero-order chi connectivity index (χ0) is 23.8.